The number of carbonyl (C=O) groups is 3. The van der Waals surface area contributed by atoms with Crippen molar-refractivity contribution in [3.63, 3.8) is 0 Å². The van der Waals surface area contributed by atoms with E-state index in [0.717, 1.165) is 29.8 Å². The quantitative estimate of drug-likeness (QED) is 0.255. The van der Waals surface area contributed by atoms with Gasteiger partial charge in [-0.25, -0.2) is 9.97 Å². The molecule has 7 rings (SSSR count). The summed E-state index contributed by atoms with van der Waals surface area (Å²) in [5.74, 6) is 0.420. The molecule has 5 aliphatic rings. The molecule has 54 heavy (non-hydrogen) atoms. The van der Waals surface area contributed by atoms with E-state index in [4.69, 9.17) is 10.5 Å². The fourth-order valence-corrected chi connectivity index (χ4v) is 11.5. The predicted molar refractivity (Wildman–Crippen MR) is 205 cm³/mol. The molecule has 2 bridgehead atoms. The molecule has 3 aliphatic carbocycles. The second-order valence-electron chi connectivity index (χ2n) is 17.9. The molecule has 2 aromatic rings. The minimum atomic E-state index is -1.09. The summed E-state index contributed by atoms with van der Waals surface area (Å²) in [6.07, 6.45) is 7.34. The van der Waals surface area contributed by atoms with Crippen LogP contribution in [0.15, 0.2) is 31.2 Å². The van der Waals surface area contributed by atoms with Crippen molar-refractivity contribution in [1.29, 1.82) is 0 Å². The van der Waals surface area contributed by atoms with E-state index in [-0.39, 0.29) is 36.6 Å². The molecule has 2 saturated heterocycles. The number of hydrogen-bond donors (Lipinski definition) is 3. The molecule has 296 valence electrons. The van der Waals surface area contributed by atoms with Crippen molar-refractivity contribution >= 4 is 34.5 Å². The second kappa shape index (κ2) is 14.3. The van der Waals surface area contributed by atoms with Gasteiger partial charge < -0.3 is 35.1 Å². The van der Waals surface area contributed by atoms with Crippen molar-refractivity contribution in [1.82, 2.24) is 24.3 Å². The normalized spacial score (nSPS) is 38.6. The number of nitrogens with zero attached hydrogens (tertiary/aromatic N) is 6. The lowest BCUT2D eigenvalue weighted by Gasteiger charge is -2.64. The number of aryl methyl sites for hydroxylation is 1. The number of rotatable bonds is 9. The van der Waals surface area contributed by atoms with Crippen molar-refractivity contribution in [3.05, 3.63) is 31.2 Å². The molecule has 13 nitrogen and oxygen atoms in total. The molecule has 4 N–H and O–H groups in total. The van der Waals surface area contributed by atoms with Gasteiger partial charge in [0.1, 0.15) is 29.2 Å². The van der Waals surface area contributed by atoms with Crippen LogP contribution in [0.3, 0.4) is 0 Å². The number of amides is 1. The Bertz CT molecular complexity index is 1780. The van der Waals surface area contributed by atoms with Crippen LogP contribution in [-0.4, -0.2) is 122 Å². The summed E-state index contributed by atoms with van der Waals surface area (Å²) in [5, 5.41) is 24.6. The van der Waals surface area contributed by atoms with Gasteiger partial charge in [-0.2, -0.15) is 0 Å². The van der Waals surface area contributed by atoms with Gasteiger partial charge in [0.05, 0.1) is 24.1 Å². The van der Waals surface area contributed by atoms with Crippen LogP contribution in [0.1, 0.15) is 79.6 Å². The SMILES string of the molecule is C=CC1(C)CC(O)C2(C)C3C(=O)CCC3(CCC2(C)OC(=O)CN2CCN(C(=O)CCn3ccc4c(N5CCC(C)C5CN)ncnc43)CC2)C(C)C1O. The topological polar surface area (TPSA) is 167 Å². The smallest absolute Gasteiger partial charge is 0.320 e. The lowest BCUT2D eigenvalue weighted by Crippen LogP contribution is -2.69. The molecule has 1 amide bonds. The zero-order valence-corrected chi connectivity index (χ0v) is 32.9. The fraction of sp³-hybridized carbons (Fsp3) is 0.732. The first kappa shape index (κ1) is 38.9. The molecule has 4 heterocycles. The summed E-state index contributed by atoms with van der Waals surface area (Å²) in [4.78, 5) is 56.2. The van der Waals surface area contributed by atoms with Gasteiger partial charge in [0.2, 0.25) is 5.91 Å². The summed E-state index contributed by atoms with van der Waals surface area (Å²) in [6, 6.07) is 2.27. The third kappa shape index (κ3) is 6.08. The molecule has 0 radical (unpaired) electrons. The van der Waals surface area contributed by atoms with E-state index < -0.39 is 45.9 Å². The minimum absolute atomic E-state index is 0.0569. The van der Waals surface area contributed by atoms with Gasteiger partial charge in [0, 0.05) is 87.6 Å². The van der Waals surface area contributed by atoms with E-state index in [0.29, 0.717) is 77.3 Å². The lowest BCUT2D eigenvalue weighted by molar-refractivity contribution is -0.252. The van der Waals surface area contributed by atoms with Crippen LogP contribution in [0.4, 0.5) is 5.82 Å². The average Bonchev–Trinajstić information content (AvgIpc) is 3.86. The number of ether oxygens (including phenoxy) is 1. The third-order valence-electron chi connectivity index (χ3n) is 15.3. The van der Waals surface area contributed by atoms with Gasteiger partial charge in [0.15, 0.2) is 0 Å². The van der Waals surface area contributed by atoms with Crippen molar-refractivity contribution < 1.29 is 29.3 Å². The van der Waals surface area contributed by atoms with Crippen molar-refractivity contribution in [3.8, 4) is 0 Å². The monoisotopic (exact) mass is 747 g/mol. The molecular formula is C41H61N7O6. The van der Waals surface area contributed by atoms with Crippen LogP contribution >= 0.6 is 0 Å². The molecule has 10 atom stereocenters. The fourth-order valence-electron chi connectivity index (χ4n) is 11.5. The number of aromatic nitrogens is 3. The van der Waals surface area contributed by atoms with Gasteiger partial charge in [-0.1, -0.05) is 33.8 Å². The number of ketones is 1. The zero-order chi connectivity index (χ0) is 38.8. The van der Waals surface area contributed by atoms with Crippen molar-refractivity contribution in [2.24, 2.45) is 39.7 Å². The van der Waals surface area contributed by atoms with Crippen LogP contribution in [0, 0.1) is 34.0 Å². The average molecular weight is 748 g/mol. The highest BCUT2D eigenvalue weighted by Gasteiger charge is 2.72. The largest absolute Gasteiger partial charge is 0.458 e. The van der Waals surface area contributed by atoms with Crippen LogP contribution in [0.2, 0.25) is 0 Å². The van der Waals surface area contributed by atoms with Gasteiger partial charge in [-0.05, 0) is 62.3 Å². The number of carbonyl (C=O) groups excluding carboxylic acids is 3. The first-order chi connectivity index (χ1) is 25.6. The summed E-state index contributed by atoms with van der Waals surface area (Å²) in [7, 11) is 0. The number of anilines is 1. The molecule has 2 aliphatic heterocycles. The van der Waals surface area contributed by atoms with E-state index in [9.17, 15) is 24.6 Å². The highest BCUT2D eigenvalue weighted by molar-refractivity contribution is 5.88. The standard InChI is InChI=1S/C41H61N7O6/c1-7-38(4)22-31(50)40(6)34-30(49)8-12-41(34,27(3)35(38)53)14-13-39(40,5)54-33(52)24-45-18-20-46(21-19-45)32(51)11-16-47-15-10-28-36(47)43-25-44-37(28)48-17-9-26(2)29(48)23-42/h7,10,15,25-27,29,31,34-35,50,53H,1,8-9,11-14,16-24,42H2,2-6H3. The lowest BCUT2D eigenvalue weighted by atomic mass is 9.42. The number of nitrogens with two attached hydrogens (primary N) is 1. The third-order valence-corrected chi connectivity index (χ3v) is 15.3. The Morgan fingerprint density at radius 1 is 1.07 bits per heavy atom. The van der Waals surface area contributed by atoms with Crippen LogP contribution in [0.25, 0.3) is 11.0 Å². The maximum absolute atomic E-state index is 13.8. The van der Waals surface area contributed by atoms with Crippen molar-refractivity contribution in [2.75, 3.05) is 50.7 Å². The number of Topliss-reactive ketones (excluding diaryl/α,β-unsaturated/α-hetero) is 1. The number of fused-ring (bicyclic) bond motifs is 1. The first-order valence-corrected chi connectivity index (χ1v) is 20.1. The van der Waals surface area contributed by atoms with Crippen molar-refractivity contribution in [2.45, 2.75) is 110 Å². The predicted octanol–water partition coefficient (Wildman–Crippen LogP) is 3.16. The molecule has 0 aromatic carbocycles. The van der Waals surface area contributed by atoms with E-state index in [1.807, 2.05) is 54.3 Å². The summed E-state index contributed by atoms with van der Waals surface area (Å²) < 4.78 is 8.44. The van der Waals surface area contributed by atoms with E-state index in [2.05, 4.69) is 28.4 Å². The van der Waals surface area contributed by atoms with Crippen LogP contribution in [-0.2, 0) is 25.7 Å². The van der Waals surface area contributed by atoms with Gasteiger partial charge in [-0.3, -0.25) is 19.3 Å². The Labute approximate surface area is 319 Å². The summed E-state index contributed by atoms with van der Waals surface area (Å²) >= 11 is 0. The van der Waals surface area contributed by atoms with Gasteiger partial charge >= 0.3 is 5.97 Å². The molecule has 10 unspecified atom stereocenters. The summed E-state index contributed by atoms with van der Waals surface area (Å²) in [5.41, 5.74) is 3.53. The molecule has 0 spiro atoms. The number of piperazine rings is 1. The maximum atomic E-state index is 13.8. The molecule has 2 aromatic heterocycles. The molecular weight excluding hydrogens is 686 g/mol. The highest BCUT2D eigenvalue weighted by Crippen LogP contribution is 2.69. The van der Waals surface area contributed by atoms with Crippen LogP contribution < -0.4 is 10.6 Å². The Morgan fingerprint density at radius 2 is 1.81 bits per heavy atom. The van der Waals surface area contributed by atoms with E-state index >= 15 is 0 Å². The maximum Gasteiger partial charge on any atom is 0.320 e. The number of aliphatic hydroxyl groups excluding tert-OH is 2. The van der Waals surface area contributed by atoms with Gasteiger partial charge in [0.25, 0.3) is 0 Å². The van der Waals surface area contributed by atoms with E-state index in [1.165, 1.54) is 0 Å². The number of esters is 1. The molecule has 5 fully saturated rings. The van der Waals surface area contributed by atoms with Crippen LogP contribution in [0.5, 0.6) is 0 Å². The number of aliphatic hydroxyl groups is 2. The first-order valence-electron chi connectivity index (χ1n) is 20.1. The second-order valence-corrected chi connectivity index (χ2v) is 17.9. The number of hydrogen-bond acceptors (Lipinski definition) is 11. The Hall–Kier alpha value is -3.39. The van der Waals surface area contributed by atoms with Gasteiger partial charge in [-0.15, -0.1) is 6.58 Å². The molecule has 13 heteroatoms. The molecule has 3 saturated carbocycles. The minimum Gasteiger partial charge on any atom is -0.458 e. The Kier molecular flexibility index (Phi) is 10.3. The Morgan fingerprint density at radius 3 is 2.52 bits per heavy atom. The Balaban J connectivity index is 0.965. The summed E-state index contributed by atoms with van der Waals surface area (Å²) in [6.45, 7) is 18.2. The highest BCUT2D eigenvalue weighted by atomic mass is 16.6. The van der Waals surface area contributed by atoms with E-state index in [1.54, 1.807) is 12.4 Å². The zero-order valence-electron chi connectivity index (χ0n) is 32.9.